The number of pyridine rings is 1. The highest BCUT2D eigenvalue weighted by atomic mass is 16.1. The van der Waals surface area contributed by atoms with Gasteiger partial charge in [0.15, 0.2) is 6.29 Å². The number of hydrogen-bond acceptors (Lipinski definition) is 2. The zero-order chi connectivity index (χ0) is 12.5. The lowest BCUT2D eigenvalue weighted by Gasteiger charge is -2.00. The van der Waals surface area contributed by atoms with Gasteiger partial charge in [-0.1, -0.05) is 44.2 Å². The third kappa shape index (κ3) is 4.19. The molecule has 0 atom stereocenters. The van der Waals surface area contributed by atoms with Crippen LogP contribution in [0, 0.1) is 0 Å². The van der Waals surface area contributed by atoms with E-state index in [1.165, 1.54) is 5.56 Å². The van der Waals surface area contributed by atoms with Gasteiger partial charge in [0, 0.05) is 23.9 Å². The van der Waals surface area contributed by atoms with Gasteiger partial charge in [-0.15, -0.1) is 0 Å². The summed E-state index contributed by atoms with van der Waals surface area (Å²) in [6.07, 6.45) is 3.21. The van der Waals surface area contributed by atoms with Crippen LogP contribution in [0.4, 0.5) is 0 Å². The third-order valence-corrected chi connectivity index (χ3v) is 2.21. The second-order valence-electron chi connectivity index (χ2n) is 3.36. The molecule has 17 heavy (non-hydrogen) atoms. The second kappa shape index (κ2) is 7.34. The highest BCUT2D eigenvalue weighted by molar-refractivity contribution is 5.73. The maximum absolute atomic E-state index is 10.4. The molecule has 2 aromatic rings. The van der Waals surface area contributed by atoms with Gasteiger partial charge < -0.3 is 0 Å². The predicted octanol–water partition coefficient (Wildman–Crippen LogP) is 3.51. The largest absolute Gasteiger partial charge is 0.298 e. The number of carbonyl (C=O) groups excluding carboxylic acids is 1. The summed E-state index contributed by atoms with van der Waals surface area (Å²) in [6, 6.07) is 13.8. The van der Waals surface area contributed by atoms with Gasteiger partial charge in [-0.25, -0.2) is 0 Å². The first kappa shape index (κ1) is 13.1. The van der Waals surface area contributed by atoms with Crippen molar-refractivity contribution in [2.24, 2.45) is 0 Å². The van der Waals surface area contributed by atoms with Crippen molar-refractivity contribution in [2.45, 2.75) is 20.3 Å². The van der Waals surface area contributed by atoms with Gasteiger partial charge in [0.25, 0.3) is 0 Å². The Labute approximate surface area is 102 Å². The summed E-state index contributed by atoms with van der Waals surface area (Å²) in [7, 11) is 0. The lowest BCUT2D eigenvalue weighted by molar-refractivity contribution is 0.112. The summed E-state index contributed by atoms with van der Waals surface area (Å²) in [5.74, 6) is 0. The molecule has 1 heterocycles. The van der Waals surface area contributed by atoms with Crippen molar-refractivity contribution < 1.29 is 4.79 Å². The fourth-order valence-corrected chi connectivity index (χ4v) is 1.42. The van der Waals surface area contributed by atoms with Gasteiger partial charge in [-0.3, -0.25) is 9.78 Å². The van der Waals surface area contributed by atoms with E-state index < -0.39 is 0 Å². The van der Waals surface area contributed by atoms with E-state index in [0.717, 1.165) is 18.4 Å². The van der Waals surface area contributed by atoms with Crippen LogP contribution in [0.25, 0.3) is 0 Å². The lowest BCUT2D eigenvalue weighted by Crippen LogP contribution is -1.92. The zero-order valence-corrected chi connectivity index (χ0v) is 10.3. The molecule has 0 saturated heterocycles. The number of aldehydes is 1. The Morgan fingerprint density at radius 1 is 1.06 bits per heavy atom. The van der Waals surface area contributed by atoms with E-state index in [-0.39, 0.29) is 0 Å². The average Bonchev–Trinajstić information content (AvgIpc) is 2.43. The molecule has 0 amide bonds. The molecule has 0 bridgehead atoms. The van der Waals surface area contributed by atoms with Crippen LogP contribution < -0.4 is 0 Å². The van der Waals surface area contributed by atoms with Crippen LogP contribution in [0.15, 0.2) is 48.7 Å². The number of benzene rings is 1. The molecule has 2 rings (SSSR count). The first-order valence-electron chi connectivity index (χ1n) is 5.82. The van der Waals surface area contributed by atoms with E-state index in [4.69, 9.17) is 0 Å². The molecule has 0 fully saturated rings. The first-order valence-corrected chi connectivity index (χ1v) is 5.82. The molecule has 88 valence electrons. The SMILES string of the molecule is CC.O=Cc1ccc(Cc2ccccc2)nc1. The van der Waals surface area contributed by atoms with Gasteiger partial charge in [0.05, 0.1) is 0 Å². The van der Waals surface area contributed by atoms with Crippen molar-refractivity contribution in [1.82, 2.24) is 4.98 Å². The van der Waals surface area contributed by atoms with E-state index in [0.29, 0.717) is 5.56 Å². The number of nitrogens with zero attached hydrogens (tertiary/aromatic N) is 1. The molecule has 2 nitrogen and oxygen atoms in total. The van der Waals surface area contributed by atoms with E-state index in [1.54, 1.807) is 12.3 Å². The van der Waals surface area contributed by atoms with Crippen LogP contribution >= 0.6 is 0 Å². The molecule has 0 radical (unpaired) electrons. The molecule has 0 aliphatic heterocycles. The van der Waals surface area contributed by atoms with Crippen molar-refractivity contribution in [2.75, 3.05) is 0 Å². The Kier molecular flexibility index (Phi) is 5.66. The predicted molar refractivity (Wildman–Crippen MR) is 70.2 cm³/mol. The number of carbonyl (C=O) groups is 1. The quantitative estimate of drug-likeness (QED) is 0.751. The minimum absolute atomic E-state index is 0.617. The third-order valence-electron chi connectivity index (χ3n) is 2.21. The molecule has 0 N–H and O–H groups in total. The van der Waals surface area contributed by atoms with Crippen LogP contribution in [0.5, 0.6) is 0 Å². The maximum Gasteiger partial charge on any atom is 0.151 e. The molecule has 0 unspecified atom stereocenters. The van der Waals surface area contributed by atoms with Crippen molar-refractivity contribution in [1.29, 1.82) is 0 Å². The Hall–Kier alpha value is -1.96. The Morgan fingerprint density at radius 3 is 2.29 bits per heavy atom. The summed E-state index contributed by atoms with van der Waals surface area (Å²) in [5, 5.41) is 0. The molecule has 0 aliphatic carbocycles. The van der Waals surface area contributed by atoms with Gasteiger partial charge >= 0.3 is 0 Å². The fourth-order valence-electron chi connectivity index (χ4n) is 1.42. The summed E-state index contributed by atoms with van der Waals surface area (Å²) in [5.41, 5.74) is 2.82. The van der Waals surface area contributed by atoms with Crippen LogP contribution in [-0.2, 0) is 6.42 Å². The first-order chi connectivity index (χ1) is 8.38. The van der Waals surface area contributed by atoms with E-state index in [2.05, 4.69) is 17.1 Å². The topological polar surface area (TPSA) is 30.0 Å². The number of aromatic nitrogens is 1. The average molecular weight is 227 g/mol. The summed E-state index contributed by atoms with van der Waals surface area (Å²) < 4.78 is 0. The highest BCUT2D eigenvalue weighted by Gasteiger charge is 1.97. The van der Waals surface area contributed by atoms with Gasteiger partial charge in [0.2, 0.25) is 0 Å². The standard InChI is InChI=1S/C13H11NO.C2H6/c15-10-12-6-7-13(14-9-12)8-11-4-2-1-3-5-11;1-2/h1-7,9-10H,8H2;1-2H3. The van der Waals surface area contributed by atoms with Crippen molar-refractivity contribution in [3.8, 4) is 0 Å². The fraction of sp³-hybridized carbons (Fsp3) is 0.200. The molecular formula is C15H17NO. The van der Waals surface area contributed by atoms with Crippen molar-refractivity contribution in [3.63, 3.8) is 0 Å². The Morgan fingerprint density at radius 2 is 1.76 bits per heavy atom. The number of rotatable bonds is 3. The van der Waals surface area contributed by atoms with Crippen LogP contribution in [-0.4, -0.2) is 11.3 Å². The molecule has 2 heteroatoms. The Balaban J connectivity index is 0.000000686. The molecule has 0 spiro atoms. The summed E-state index contributed by atoms with van der Waals surface area (Å²) in [4.78, 5) is 14.6. The van der Waals surface area contributed by atoms with Gasteiger partial charge in [-0.2, -0.15) is 0 Å². The van der Waals surface area contributed by atoms with Gasteiger partial charge in [-0.05, 0) is 17.7 Å². The summed E-state index contributed by atoms with van der Waals surface area (Å²) >= 11 is 0. The molecular weight excluding hydrogens is 210 g/mol. The molecule has 0 saturated carbocycles. The normalized spacial score (nSPS) is 9.06. The van der Waals surface area contributed by atoms with E-state index in [9.17, 15) is 4.79 Å². The maximum atomic E-state index is 10.4. The summed E-state index contributed by atoms with van der Waals surface area (Å²) in [6.45, 7) is 4.00. The van der Waals surface area contributed by atoms with Crippen molar-refractivity contribution >= 4 is 6.29 Å². The van der Waals surface area contributed by atoms with E-state index >= 15 is 0 Å². The van der Waals surface area contributed by atoms with Crippen LogP contribution in [0.2, 0.25) is 0 Å². The molecule has 1 aromatic heterocycles. The smallest absolute Gasteiger partial charge is 0.151 e. The zero-order valence-electron chi connectivity index (χ0n) is 10.3. The highest BCUT2D eigenvalue weighted by Crippen LogP contribution is 2.06. The van der Waals surface area contributed by atoms with Crippen LogP contribution in [0.1, 0.15) is 35.5 Å². The minimum atomic E-state index is 0.617. The minimum Gasteiger partial charge on any atom is -0.298 e. The lowest BCUT2D eigenvalue weighted by atomic mass is 10.1. The molecule has 1 aromatic carbocycles. The monoisotopic (exact) mass is 227 g/mol. The second-order valence-corrected chi connectivity index (χ2v) is 3.36. The number of hydrogen-bond donors (Lipinski definition) is 0. The van der Waals surface area contributed by atoms with Gasteiger partial charge in [0.1, 0.15) is 0 Å². The Bertz CT molecular complexity index is 434. The van der Waals surface area contributed by atoms with Crippen LogP contribution in [0.3, 0.4) is 0 Å². The van der Waals surface area contributed by atoms with Crippen molar-refractivity contribution in [3.05, 3.63) is 65.5 Å². The molecule has 0 aliphatic rings. The van der Waals surface area contributed by atoms with E-state index in [1.807, 2.05) is 38.1 Å².